The quantitative estimate of drug-likeness (QED) is 0.684. The molecule has 2 unspecified atom stereocenters. The Kier molecular flexibility index (Phi) is 5.27. The molecule has 1 aromatic rings. The second-order valence-corrected chi connectivity index (χ2v) is 7.16. The van der Waals surface area contributed by atoms with Gasteiger partial charge in [0.15, 0.2) is 5.96 Å². The molecule has 0 amide bonds. The van der Waals surface area contributed by atoms with Gasteiger partial charge in [0.1, 0.15) is 5.75 Å². The Morgan fingerprint density at radius 2 is 1.96 bits per heavy atom. The summed E-state index contributed by atoms with van der Waals surface area (Å²) in [6, 6.07) is 0. The molecule has 2 fully saturated rings. The fraction of sp³-hybridized carbons (Fsp3) is 0.684. The van der Waals surface area contributed by atoms with Crippen molar-refractivity contribution in [2.45, 2.75) is 46.1 Å². The summed E-state index contributed by atoms with van der Waals surface area (Å²) in [6.45, 7) is 7.08. The number of rotatable bonds is 3. The molecule has 0 aromatic carbocycles. The van der Waals surface area contributed by atoms with Gasteiger partial charge in [-0.3, -0.25) is 9.98 Å². The number of nitrogens with one attached hydrogen (secondary N) is 1. The Labute approximate surface area is 145 Å². The summed E-state index contributed by atoms with van der Waals surface area (Å²) in [4.78, 5) is 11.5. The van der Waals surface area contributed by atoms with Gasteiger partial charge in [0.05, 0.1) is 19.3 Å². The van der Waals surface area contributed by atoms with Gasteiger partial charge in [-0.05, 0) is 38.5 Å². The fourth-order valence-corrected chi connectivity index (χ4v) is 4.32. The van der Waals surface area contributed by atoms with E-state index in [2.05, 4.69) is 27.1 Å². The van der Waals surface area contributed by atoms with Crippen LogP contribution in [0.25, 0.3) is 0 Å². The normalized spacial score (nSPS) is 24.0. The standard InChI is InChI=1S/C19H30N4O/c1-13-9-21-17(14(2)18(13)24-4)10-22-19(20-3)23-11-15-7-5-6-8-16(15)12-23/h9,15-16H,5-8,10-12H2,1-4H3,(H,20,22). The van der Waals surface area contributed by atoms with E-state index in [0.717, 1.165) is 53.5 Å². The van der Waals surface area contributed by atoms with Crippen molar-refractivity contribution in [3.8, 4) is 5.75 Å². The molecule has 5 nitrogen and oxygen atoms in total. The molecule has 1 saturated heterocycles. The molecule has 5 heteroatoms. The van der Waals surface area contributed by atoms with E-state index in [-0.39, 0.29) is 0 Å². The Morgan fingerprint density at radius 1 is 1.29 bits per heavy atom. The molecule has 2 aliphatic rings. The summed E-state index contributed by atoms with van der Waals surface area (Å²) < 4.78 is 5.51. The number of aryl methyl sites for hydroxylation is 1. The average molecular weight is 330 g/mol. The number of guanidine groups is 1. The lowest BCUT2D eigenvalue weighted by Gasteiger charge is -2.22. The minimum atomic E-state index is 0.682. The molecule has 0 spiro atoms. The molecule has 1 N–H and O–H groups in total. The van der Waals surface area contributed by atoms with E-state index in [4.69, 9.17) is 4.74 Å². The van der Waals surface area contributed by atoms with Crippen LogP contribution in [0.15, 0.2) is 11.2 Å². The highest BCUT2D eigenvalue weighted by Gasteiger charge is 2.35. The van der Waals surface area contributed by atoms with Gasteiger partial charge in [-0.2, -0.15) is 0 Å². The predicted octanol–water partition coefficient (Wildman–Crippen LogP) is 2.90. The molecule has 1 aromatic heterocycles. The summed E-state index contributed by atoms with van der Waals surface area (Å²) in [5, 5.41) is 3.51. The highest BCUT2D eigenvalue weighted by atomic mass is 16.5. The molecule has 0 bridgehead atoms. The van der Waals surface area contributed by atoms with E-state index in [1.807, 2.05) is 20.2 Å². The highest BCUT2D eigenvalue weighted by molar-refractivity contribution is 5.80. The maximum Gasteiger partial charge on any atom is 0.193 e. The average Bonchev–Trinajstić information content (AvgIpc) is 3.01. The lowest BCUT2D eigenvalue weighted by atomic mass is 9.82. The van der Waals surface area contributed by atoms with Crippen LogP contribution in [0.5, 0.6) is 5.75 Å². The smallest absolute Gasteiger partial charge is 0.193 e. The summed E-state index contributed by atoms with van der Waals surface area (Å²) in [5.41, 5.74) is 3.21. The zero-order chi connectivity index (χ0) is 17.1. The van der Waals surface area contributed by atoms with Gasteiger partial charge >= 0.3 is 0 Å². The number of ether oxygens (including phenoxy) is 1. The maximum atomic E-state index is 5.51. The summed E-state index contributed by atoms with van der Waals surface area (Å²) in [6.07, 6.45) is 7.44. The number of methoxy groups -OCH3 is 1. The SMILES string of the molecule is CN=C(NCc1ncc(C)c(OC)c1C)N1CC2CCCCC2C1. The molecule has 1 aliphatic carbocycles. The largest absolute Gasteiger partial charge is 0.496 e. The van der Waals surface area contributed by atoms with Crippen molar-refractivity contribution < 1.29 is 4.74 Å². The van der Waals surface area contributed by atoms with E-state index < -0.39 is 0 Å². The summed E-state index contributed by atoms with van der Waals surface area (Å²) >= 11 is 0. The Bertz CT molecular complexity index is 600. The van der Waals surface area contributed by atoms with Crippen LogP contribution in [-0.4, -0.2) is 43.1 Å². The predicted molar refractivity (Wildman–Crippen MR) is 97.5 cm³/mol. The molecule has 2 atom stereocenters. The Balaban J connectivity index is 1.65. The zero-order valence-corrected chi connectivity index (χ0v) is 15.4. The maximum absolute atomic E-state index is 5.51. The van der Waals surface area contributed by atoms with Gasteiger partial charge in [-0.15, -0.1) is 0 Å². The van der Waals surface area contributed by atoms with Crippen molar-refractivity contribution in [2.24, 2.45) is 16.8 Å². The van der Waals surface area contributed by atoms with Gasteiger partial charge in [0.2, 0.25) is 0 Å². The van der Waals surface area contributed by atoms with E-state index in [1.165, 1.54) is 25.7 Å². The number of hydrogen-bond donors (Lipinski definition) is 1. The summed E-state index contributed by atoms with van der Waals surface area (Å²) in [7, 11) is 3.60. The number of pyridine rings is 1. The van der Waals surface area contributed by atoms with Crippen molar-refractivity contribution in [3.05, 3.63) is 23.0 Å². The lowest BCUT2D eigenvalue weighted by molar-refractivity contribution is 0.299. The van der Waals surface area contributed by atoms with Crippen LogP contribution in [-0.2, 0) is 6.54 Å². The number of hydrogen-bond acceptors (Lipinski definition) is 3. The molecule has 132 valence electrons. The first-order valence-electron chi connectivity index (χ1n) is 9.08. The third-order valence-corrected chi connectivity index (χ3v) is 5.65. The number of aromatic nitrogens is 1. The first-order valence-corrected chi connectivity index (χ1v) is 9.08. The van der Waals surface area contributed by atoms with Crippen LogP contribution in [0.4, 0.5) is 0 Å². The van der Waals surface area contributed by atoms with Crippen LogP contribution in [0.3, 0.4) is 0 Å². The van der Waals surface area contributed by atoms with Gasteiger partial charge in [0.25, 0.3) is 0 Å². The van der Waals surface area contributed by atoms with E-state index in [0.29, 0.717) is 6.54 Å². The molecule has 1 saturated carbocycles. The molecule has 3 rings (SSSR count). The van der Waals surface area contributed by atoms with Gasteiger partial charge in [-0.25, -0.2) is 0 Å². The minimum absolute atomic E-state index is 0.682. The molecular weight excluding hydrogens is 300 g/mol. The fourth-order valence-electron chi connectivity index (χ4n) is 4.32. The van der Waals surface area contributed by atoms with Gasteiger partial charge < -0.3 is 15.0 Å². The number of aliphatic imine (C=N–C) groups is 1. The third-order valence-electron chi connectivity index (χ3n) is 5.65. The molecule has 24 heavy (non-hydrogen) atoms. The number of nitrogens with zero attached hydrogens (tertiary/aromatic N) is 3. The van der Waals surface area contributed by atoms with Crippen LogP contribution >= 0.6 is 0 Å². The summed E-state index contributed by atoms with van der Waals surface area (Å²) in [5.74, 6) is 3.65. The van der Waals surface area contributed by atoms with Crippen LogP contribution < -0.4 is 10.1 Å². The van der Waals surface area contributed by atoms with E-state index in [1.54, 1.807) is 7.11 Å². The van der Waals surface area contributed by atoms with Gasteiger partial charge in [0, 0.05) is 37.5 Å². The number of likely N-dealkylation sites (tertiary alicyclic amines) is 1. The lowest BCUT2D eigenvalue weighted by Crippen LogP contribution is -2.40. The Hall–Kier alpha value is -1.78. The van der Waals surface area contributed by atoms with Crippen molar-refractivity contribution in [1.82, 2.24) is 15.2 Å². The first kappa shape index (κ1) is 17.1. The third kappa shape index (κ3) is 3.35. The molecule has 2 heterocycles. The van der Waals surface area contributed by atoms with Crippen molar-refractivity contribution in [2.75, 3.05) is 27.2 Å². The van der Waals surface area contributed by atoms with Crippen LogP contribution in [0.2, 0.25) is 0 Å². The van der Waals surface area contributed by atoms with E-state index >= 15 is 0 Å². The monoisotopic (exact) mass is 330 g/mol. The second-order valence-electron chi connectivity index (χ2n) is 7.16. The molecule has 1 aliphatic heterocycles. The number of fused-ring (bicyclic) bond motifs is 1. The minimum Gasteiger partial charge on any atom is -0.496 e. The zero-order valence-electron chi connectivity index (χ0n) is 15.4. The van der Waals surface area contributed by atoms with Crippen LogP contribution in [0.1, 0.15) is 42.5 Å². The van der Waals surface area contributed by atoms with E-state index in [9.17, 15) is 0 Å². The van der Waals surface area contributed by atoms with Gasteiger partial charge in [-0.1, -0.05) is 12.8 Å². The topological polar surface area (TPSA) is 49.8 Å². The van der Waals surface area contributed by atoms with Crippen molar-refractivity contribution >= 4 is 5.96 Å². The molecule has 0 radical (unpaired) electrons. The molecular formula is C19H30N4O. The second kappa shape index (κ2) is 7.41. The van der Waals surface area contributed by atoms with Crippen molar-refractivity contribution in [1.29, 1.82) is 0 Å². The van der Waals surface area contributed by atoms with Crippen LogP contribution in [0, 0.1) is 25.7 Å². The Morgan fingerprint density at radius 3 is 2.54 bits per heavy atom. The van der Waals surface area contributed by atoms with Crippen molar-refractivity contribution in [3.63, 3.8) is 0 Å². The first-order chi connectivity index (χ1) is 11.6. The highest BCUT2D eigenvalue weighted by Crippen LogP contribution is 2.36.